The normalized spacial score (nSPS) is 10.3. The lowest BCUT2D eigenvalue weighted by atomic mass is 10.1. The lowest BCUT2D eigenvalue weighted by molar-refractivity contribution is 1.02. The molecule has 1 N–H and O–H groups in total. The summed E-state index contributed by atoms with van der Waals surface area (Å²) in [5.74, 6) is 0.636. The summed E-state index contributed by atoms with van der Waals surface area (Å²) in [7, 11) is 0. The molecule has 1 aromatic heterocycles. The van der Waals surface area contributed by atoms with Gasteiger partial charge in [-0.1, -0.05) is 12.1 Å². The number of nitrogens with zero attached hydrogens (tertiary/aromatic N) is 1. The first-order chi connectivity index (χ1) is 7.15. The van der Waals surface area contributed by atoms with Crippen molar-refractivity contribution < 1.29 is 0 Å². The quantitative estimate of drug-likeness (QED) is 0.822. The van der Waals surface area contributed by atoms with Gasteiger partial charge in [0.1, 0.15) is 5.82 Å². The standard InChI is InChI=1S/C11H9IN2O/c1-7-13-10(6-11(15)14-7)8-3-2-4-9(12)5-8/h2-6H,1H3,(H,13,14,15). The number of benzene rings is 1. The summed E-state index contributed by atoms with van der Waals surface area (Å²) < 4.78 is 1.13. The molecule has 1 heterocycles. The minimum Gasteiger partial charge on any atom is -0.311 e. The number of rotatable bonds is 1. The van der Waals surface area contributed by atoms with Crippen LogP contribution in [0.1, 0.15) is 5.82 Å². The van der Waals surface area contributed by atoms with E-state index in [4.69, 9.17) is 0 Å². The number of halogens is 1. The molecule has 15 heavy (non-hydrogen) atoms. The zero-order valence-electron chi connectivity index (χ0n) is 8.12. The molecular formula is C11H9IN2O. The summed E-state index contributed by atoms with van der Waals surface area (Å²) in [6, 6.07) is 9.42. The third-order valence-corrected chi connectivity index (χ3v) is 2.65. The van der Waals surface area contributed by atoms with E-state index in [0.717, 1.165) is 14.8 Å². The van der Waals surface area contributed by atoms with Crippen LogP contribution in [0, 0.1) is 10.5 Å². The van der Waals surface area contributed by atoms with Gasteiger partial charge in [0.2, 0.25) is 0 Å². The predicted molar refractivity (Wildman–Crippen MR) is 67.7 cm³/mol. The Morgan fingerprint density at radius 2 is 2.13 bits per heavy atom. The SMILES string of the molecule is Cc1nc(-c2cccc(I)c2)cc(=O)[nH]1. The average molecular weight is 312 g/mol. The second kappa shape index (κ2) is 4.14. The Kier molecular flexibility index (Phi) is 2.86. The van der Waals surface area contributed by atoms with E-state index in [9.17, 15) is 4.79 Å². The van der Waals surface area contributed by atoms with Crippen LogP contribution in [0.5, 0.6) is 0 Å². The van der Waals surface area contributed by atoms with E-state index in [1.54, 1.807) is 6.92 Å². The van der Waals surface area contributed by atoms with Crippen molar-refractivity contribution in [2.45, 2.75) is 6.92 Å². The first-order valence-corrected chi connectivity index (χ1v) is 5.57. The first-order valence-electron chi connectivity index (χ1n) is 4.49. The fourth-order valence-electron chi connectivity index (χ4n) is 1.38. The number of H-pyrrole nitrogens is 1. The third-order valence-electron chi connectivity index (χ3n) is 1.98. The number of aromatic nitrogens is 2. The summed E-state index contributed by atoms with van der Waals surface area (Å²) in [5, 5.41) is 0. The second-order valence-electron chi connectivity index (χ2n) is 3.23. The molecule has 0 spiro atoms. The van der Waals surface area contributed by atoms with Crippen LogP contribution in [0.4, 0.5) is 0 Å². The summed E-state index contributed by atoms with van der Waals surface area (Å²) in [6.45, 7) is 1.78. The Labute approximate surface area is 101 Å². The van der Waals surface area contributed by atoms with Gasteiger partial charge in [0.25, 0.3) is 5.56 Å². The predicted octanol–water partition coefficient (Wildman–Crippen LogP) is 2.35. The molecular weight excluding hydrogens is 303 g/mol. The Bertz CT molecular complexity index is 548. The zero-order chi connectivity index (χ0) is 10.8. The fraction of sp³-hybridized carbons (Fsp3) is 0.0909. The van der Waals surface area contributed by atoms with Crippen molar-refractivity contribution in [1.29, 1.82) is 0 Å². The van der Waals surface area contributed by atoms with E-state index in [1.165, 1.54) is 6.07 Å². The smallest absolute Gasteiger partial charge is 0.251 e. The minimum absolute atomic E-state index is 0.114. The summed E-state index contributed by atoms with van der Waals surface area (Å²) in [6.07, 6.45) is 0. The molecule has 3 nitrogen and oxygen atoms in total. The second-order valence-corrected chi connectivity index (χ2v) is 4.47. The van der Waals surface area contributed by atoms with Crippen LogP contribution in [0.25, 0.3) is 11.3 Å². The minimum atomic E-state index is -0.114. The van der Waals surface area contributed by atoms with E-state index in [1.807, 2.05) is 24.3 Å². The molecule has 4 heteroatoms. The van der Waals surface area contributed by atoms with Gasteiger partial charge >= 0.3 is 0 Å². The largest absolute Gasteiger partial charge is 0.311 e. The van der Waals surface area contributed by atoms with E-state index in [0.29, 0.717) is 5.82 Å². The van der Waals surface area contributed by atoms with Crippen molar-refractivity contribution in [1.82, 2.24) is 9.97 Å². The lowest BCUT2D eigenvalue weighted by Gasteiger charge is -2.01. The molecule has 0 radical (unpaired) electrons. The van der Waals surface area contributed by atoms with Gasteiger partial charge in [-0.15, -0.1) is 0 Å². The van der Waals surface area contributed by atoms with Crippen molar-refractivity contribution in [3.8, 4) is 11.3 Å². The van der Waals surface area contributed by atoms with E-state index in [-0.39, 0.29) is 5.56 Å². The number of nitrogens with one attached hydrogen (secondary N) is 1. The zero-order valence-corrected chi connectivity index (χ0v) is 10.3. The van der Waals surface area contributed by atoms with Gasteiger partial charge in [0, 0.05) is 15.2 Å². The van der Waals surface area contributed by atoms with Crippen molar-refractivity contribution in [2.24, 2.45) is 0 Å². The number of aromatic amines is 1. The van der Waals surface area contributed by atoms with Crippen LogP contribution < -0.4 is 5.56 Å². The van der Waals surface area contributed by atoms with Gasteiger partial charge < -0.3 is 4.98 Å². The van der Waals surface area contributed by atoms with Gasteiger partial charge in [-0.25, -0.2) is 4.98 Å². The highest BCUT2D eigenvalue weighted by atomic mass is 127. The average Bonchev–Trinajstić information content (AvgIpc) is 2.16. The van der Waals surface area contributed by atoms with Crippen LogP contribution in [0.15, 0.2) is 35.1 Å². The van der Waals surface area contributed by atoms with Crippen molar-refractivity contribution in [3.05, 3.63) is 50.1 Å². The monoisotopic (exact) mass is 312 g/mol. The highest BCUT2D eigenvalue weighted by Gasteiger charge is 2.01. The molecule has 0 saturated carbocycles. The Morgan fingerprint density at radius 1 is 1.33 bits per heavy atom. The lowest BCUT2D eigenvalue weighted by Crippen LogP contribution is -2.08. The molecule has 0 aliphatic heterocycles. The summed E-state index contributed by atoms with van der Waals surface area (Å²) in [5.41, 5.74) is 1.57. The van der Waals surface area contributed by atoms with E-state index >= 15 is 0 Å². The number of hydrogen-bond acceptors (Lipinski definition) is 2. The first kappa shape index (κ1) is 10.4. The fourth-order valence-corrected chi connectivity index (χ4v) is 1.92. The van der Waals surface area contributed by atoms with Gasteiger partial charge in [0.15, 0.2) is 0 Å². The van der Waals surface area contributed by atoms with E-state index < -0.39 is 0 Å². The van der Waals surface area contributed by atoms with Crippen molar-refractivity contribution >= 4 is 22.6 Å². The molecule has 0 amide bonds. The Hall–Kier alpha value is -1.17. The van der Waals surface area contributed by atoms with E-state index in [2.05, 4.69) is 32.6 Å². The number of hydrogen-bond donors (Lipinski definition) is 1. The van der Waals surface area contributed by atoms with Crippen LogP contribution in [-0.4, -0.2) is 9.97 Å². The molecule has 0 saturated heterocycles. The molecule has 0 aliphatic rings. The summed E-state index contributed by atoms with van der Waals surface area (Å²) >= 11 is 2.24. The van der Waals surface area contributed by atoms with Crippen molar-refractivity contribution in [3.63, 3.8) is 0 Å². The van der Waals surface area contributed by atoms with Gasteiger partial charge in [0.05, 0.1) is 5.69 Å². The Morgan fingerprint density at radius 3 is 2.80 bits per heavy atom. The van der Waals surface area contributed by atoms with Gasteiger partial charge in [-0.05, 0) is 41.6 Å². The number of aryl methyl sites for hydroxylation is 1. The third kappa shape index (κ3) is 2.44. The topological polar surface area (TPSA) is 45.8 Å². The van der Waals surface area contributed by atoms with Gasteiger partial charge in [-0.2, -0.15) is 0 Å². The molecule has 0 atom stereocenters. The maximum Gasteiger partial charge on any atom is 0.251 e. The molecule has 0 bridgehead atoms. The molecule has 0 fully saturated rings. The maximum absolute atomic E-state index is 11.3. The van der Waals surface area contributed by atoms with Crippen LogP contribution in [0.2, 0.25) is 0 Å². The molecule has 0 unspecified atom stereocenters. The highest BCUT2D eigenvalue weighted by Crippen LogP contribution is 2.17. The van der Waals surface area contributed by atoms with Crippen molar-refractivity contribution in [2.75, 3.05) is 0 Å². The molecule has 76 valence electrons. The molecule has 2 rings (SSSR count). The van der Waals surface area contributed by atoms with Gasteiger partial charge in [-0.3, -0.25) is 4.79 Å². The summed E-state index contributed by atoms with van der Waals surface area (Å²) in [4.78, 5) is 18.2. The maximum atomic E-state index is 11.3. The van der Waals surface area contributed by atoms with Crippen LogP contribution >= 0.6 is 22.6 Å². The van der Waals surface area contributed by atoms with Crippen LogP contribution in [-0.2, 0) is 0 Å². The molecule has 1 aromatic carbocycles. The highest BCUT2D eigenvalue weighted by molar-refractivity contribution is 14.1. The van der Waals surface area contributed by atoms with Crippen LogP contribution in [0.3, 0.4) is 0 Å². The molecule has 0 aliphatic carbocycles. The Balaban J connectivity index is 2.59. The molecule has 2 aromatic rings.